The summed E-state index contributed by atoms with van der Waals surface area (Å²) in [6.45, 7) is 10.2. The van der Waals surface area contributed by atoms with Crippen molar-refractivity contribution >= 4 is 16.9 Å². The van der Waals surface area contributed by atoms with Crippen molar-refractivity contribution in [3.63, 3.8) is 0 Å². The average molecular weight is 254 g/mol. The molecule has 0 radical (unpaired) electrons. The third kappa shape index (κ3) is 3.40. The highest BCUT2D eigenvalue weighted by atomic mass is 32.2. The van der Waals surface area contributed by atoms with E-state index in [0.29, 0.717) is 16.2 Å². The van der Waals surface area contributed by atoms with E-state index in [4.69, 9.17) is 0 Å². The number of hydrogen-bond acceptors (Lipinski definition) is 3. The van der Waals surface area contributed by atoms with Gasteiger partial charge in [-0.2, -0.15) is 0 Å². The van der Waals surface area contributed by atoms with E-state index >= 15 is 0 Å². The zero-order chi connectivity index (χ0) is 12.5. The monoisotopic (exact) mass is 254 g/mol. The van der Waals surface area contributed by atoms with Gasteiger partial charge in [0.25, 0.3) is 0 Å². The first-order chi connectivity index (χ1) is 7.92. The van der Waals surface area contributed by atoms with Gasteiger partial charge < -0.3 is 5.32 Å². The first-order valence-corrected chi connectivity index (χ1v) is 7.80. The molecule has 1 atom stereocenters. The fraction of sp³-hybridized carbons (Fsp3) is 0.929. The van der Waals surface area contributed by atoms with Crippen molar-refractivity contribution < 1.29 is 0 Å². The molecule has 1 aliphatic heterocycles. The fourth-order valence-corrected chi connectivity index (χ4v) is 4.15. The van der Waals surface area contributed by atoms with E-state index in [1.807, 2.05) is 11.8 Å². The van der Waals surface area contributed by atoms with Crippen LogP contribution >= 0.6 is 11.8 Å². The Morgan fingerprint density at radius 3 is 2.59 bits per heavy atom. The molecular formula is C14H26N2S. The number of rotatable bonds is 3. The molecule has 1 saturated carbocycles. The Labute approximate surface area is 110 Å². The van der Waals surface area contributed by atoms with Crippen LogP contribution in [0.25, 0.3) is 0 Å². The summed E-state index contributed by atoms with van der Waals surface area (Å²) >= 11 is 1.97. The van der Waals surface area contributed by atoms with Gasteiger partial charge in [0.1, 0.15) is 0 Å². The highest BCUT2D eigenvalue weighted by molar-refractivity contribution is 8.14. The molecule has 0 saturated heterocycles. The normalized spacial score (nSPS) is 27.5. The highest BCUT2D eigenvalue weighted by Gasteiger charge is 2.37. The Kier molecular flexibility index (Phi) is 3.77. The molecule has 2 aliphatic rings. The number of hydrogen-bond donors (Lipinski definition) is 1. The minimum atomic E-state index is 0.391. The smallest absolute Gasteiger partial charge is 0.157 e. The molecule has 0 spiro atoms. The molecule has 1 heterocycles. The van der Waals surface area contributed by atoms with Crippen molar-refractivity contribution in [3.05, 3.63) is 0 Å². The van der Waals surface area contributed by atoms with Gasteiger partial charge >= 0.3 is 0 Å². The van der Waals surface area contributed by atoms with Crippen LogP contribution in [0.2, 0.25) is 0 Å². The Morgan fingerprint density at radius 1 is 1.41 bits per heavy atom. The SMILES string of the molecule is CCC1(NC2=NCC(CC(C)(C)C)S2)CCC1. The molecule has 1 fully saturated rings. The molecule has 0 aromatic carbocycles. The zero-order valence-electron chi connectivity index (χ0n) is 11.7. The molecule has 1 N–H and O–H groups in total. The maximum absolute atomic E-state index is 4.68. The summed E-state index contributed by atoms with van der Waals surface area (Å²) in [6, 6.07) is 0. The van der Waals surface area contributed by atoms with Crippen LogP contribution in [0.3, 0.4) is 0 Å². The highest BCUT2D eigenvalue weighted by Crippen LogP contribution is 2.37. The summed E-state index contributed by atoms with van der Waals surface area (Å²) in [7, 11) is 0. The molecule has 2 nitrogen and oxygen atoms in total. The number of nitrogens with one attached hydrogen (secondary N) is 1. The van der Waals surface area contributed by atoms with Crippen molar-refractivity contribution in [3.8, 4) is 0 Å². The van der Waals surface area contributed by atoms with E-state index in [1.165, 1.54) is 37.3 Å². The predicted octanol–water partition coefficient (Wildman–Crippen LogP) is 3.82. The molecule has 1 aliphatic carbocycles. The molecule has 0 aromatic heterocycles. The van der Waals surface area contributed by atoms with Crippen LogP contribution in [-0.4, -0.2) is 22.5 Å². The van der Waals surface area contributed by atoms with Crippen molar-refractivity contribution in [2.45, 2.75) is 70.6 Å². The molecule has 98 valence electrons. The molecule has 0 aromatic rings. The molecule has 17 heavy (non-hydrogen) atoms. The van der Waals surface area contributed by atoms with Crippen molar-refractivity contribution in [2.24, 2.45) is 10.4 Å². The van der Waals surface area contributed by atoms with Gasteiger partial charge in [-0.15, -0.1) is 0 Å². The molecular weight excluding hydrogens is 228 g/mol. The van der Waals surface area contributed by atoms with Crippen LogP contribution in [-0.2, 0) is 0 Å². The van der Waals surface area contributed by atoms with Gasteiger partial charge in [-0.05, 0) is 37.5 Å². The van der Waals surface area contributed by atoms with Gasteiger partial charge in [-0.1, -0.05) is 39.5 Å². The number of amidine groups is 1. The van der Waals surface area contributed by atoms with E-state index in [9.17, 15) is 0 Å². The second-order valence-electron chi connectivity index (χ2n) is 6.76. The minimum Gasteiger partial charge on any atom is -0.359 e. The number of nitrogens with zero attached hydrogens (tertiary/aromatic N) is 1. The predicted molar refractivity (Wildman–Crippen MR) is 77.8 cm³/mol. The Balaban J connectivity index is 1.81. The lowest BCUT2D eigenvalue weighted by Gasteiger charge is -2.42. The van der Waals surface area contributed by atoms with Gasteiger partial charge in [0, 0.05) is 10.8 Å². The quantitative estimate of drug-likeness (QED) is 0.828. The molecule has 2 rings (SSSR count). The fourth-order valence-electron chi connectivity index (χ4n) is 2.67. The Bertz CT molecular complexity index is 294. The largest absolute Gasteiger partial charge is 0.359 e. The van der Waals surface area contributed by atoms with Crippen LogP contribution in [0.15, 0.2) is 4.99 Å². The molecule has 1 unspecified atom stereocenters. The average Bonchev–Trinajstić information content (AvgIpc) is 2.56. The van der Waals surface area contributed by atoms with Gasteiger partial charge in [0.2, 0.25) is 0 Å². The summed E-state index contributed by atoms with van der Waals surface area (Å²) in [5.41, 5.74) is 0.810. The standard InChI is InChI=1S/C14H26N2S/c1-5-14(7-6-8-14)16-12-15-10-11(17-12)9-13(2,3)4/h11H,5-10H2,1-4H3,(H,15,16). The van der Waals surface area contributed by atoms with Crippen LogP contribution in [0, 0.1) is 5.41 Å². The summed E-state index contributed by atoms with van der Waals surface area (Å²) in [6.07, 6.45) is 6.52. The molecule has 0 bridgehead atoms. The summed E-state index contributed by atoms with van der Waals surface area (Å²) in [5, 5.41) is 5.60. The van der Waals surface area contributed by atoms with E-state index in [2.05, 4.69) is 38.0 Å². The van der Waals surface area contributed by atoms with Crippen LogP contribution in [0.4, 0.5) is 0 Å². The Morgan fingerprint density at radius 2 is 2.12 bits per heavy atom. The maximum atomic E-state index is 4.68. The van der Waals surface area contributed by atoms with E-state index in [0.717, 1.165) is 6.54 Å². The first-order valence-electron chi connectivity index (χ1n) is 6.92. The second kappa shape index (κ2) is 4.83. The first kappa shape index (κ1) is 13.3. The Hall–Kier alpha value is -0.180. The summed E-state index contributed by atoms with van der Waals surface area (Å²) in [5.74, 6) is 0. The lowest BCUT2D eigenvalue weighted by molar-refractivity contribution is 0.211. The van der Waals surface area contributed by atoms with Gasteiger partial charge in [0.05, 0.1) is 6.54 Å². The summed E-state index contributed by atoms with van der Waals surface area (Å²) < 4.78 is 0. The van der Waals surface area contributed by atoms with Crippen LogP contribution < -0.4 is 5.32 Å². The van der Waals surface area contributed by atoms with Crippen LogP contribution in [0.5, 0.6) is 0 Å². The topological polar surface area (TPSA) is 24.4 Å². The van der Waals surface area contributed by atoms with E-state index in [-0.39, 0.29) is 0 Å². The zero-order valence-corrected chi connectivity index (χ0v) is 12.5. The van der Waals surface area contributed by atoms with Crippen molar-refractivity contribution in [1.82, 2.24) is 5.32 Å². The second-order valence-corrected chi connectivity index (χ2v) is 8.05. The van der Waals surface area contributed by atoms with Gasteiger partial charge in [-0.25, -0.2) is 0 Å². The maximum Gasteiger partial charge on any atom is 0.157 e. The number of aliphatic imine (C=N–C) groups is 1. The third-order valence-electron chi connectivity index (χ3n) is 3.92. The van der Waals surface area contributed by atoms with Crippen LogP contribution in [0.1, 0.15) is 59.8 Å². The lowest BCUT2D eigenvalue weighted by Crippen LogP contribution is -2.52. The lowest BCUT2D eigenvalue weighted by atomic mass is 9.75. The van der Waals surface area contributed by atoms with Crippen molar-refractivity contribution in [2.75, 3.05) is 6.54 Å². The van der Waals surface area contributed by atoms with Gasteiger partial charge in [0.15, 0.2) is 5.17 Å². The number of thioether (sulfide) groups is 1. The van der Waals surface area contributed by atoms with Gasteiger partial charge in [-0.3, -0.25) is 4.99 Å². The molecule has 3 heteroatoms. The minimum absolute atomic E-state index is 0.391. The molecule has 0 amide bonds. The third-order valence-corrected chi connectivity index (χ3v) is 5.02. The summed E-state index contributed by atoms with van der Waals surface area (Å²) in [4.78, 5) is 4.68. The van der Waals surface area contributed by atoms with E-state index < -0.39 is 0 Å². The van der Waals surface area contributed by atoms with Crippen molar-refractivity contribution in [1.29, 1.82) is 0 Å². The van der Waals surface area contributed by atoms with E-state index in [1.54, 1.807) is 0 Å².